The highest BCUT2D eigenvalue weighted by atomic mass is 127. The standard InChI is InChI=1S/C19H24N4O4S.HI/c1-20-19(21-11-14-8-9-16-17(10-14)27-13-26-16)22-12-15-6-4-5-7-18(15)28(24,25)23(2)3;/h4-10H,11-13H2,1-3H3,(H2,20,21,22);1H. The van der Waals surface area contributed by atoms with Gasteiger partial charge in [0.15, 0.2) is 17.5 Å². The zero-order chi connectivity index (χ0) is 20.1. The van der Waals surface area contributed by atoms with Crippen LogP contribution in [0.1, 0.15) is 11.1 Å². The topological polar surface area (TPSA) is 92.3 Å². The van der Waals surface area contributed by atoms with Crippen molar-refractivity contribution in [1.29, 1.82) is 0 Å². The first kappa shape index (κ1) is 23.2. The molecule has 2 aromatic carbocycles. The van der Waals surface area contributed by atoms with Crippen LogP contribution in [-0.4, -0.2) is 46.6 Å². The highest BCUT2D eigenvalue weighted by Crippen LogP contribution is 2.32. The zero-order valence-corrected chi connectivity index (χ0v) is 19.7. The van der Waals surface area contributed by atoms with E-state index in [2.05, 4.69) is 15.6 Å². The minimum atomic E-state index is -3.52. The molecule has 0 saturated heterocycles. The lowest BCUT2D eigenvalue weighted by Gasteiger charge is -2.17. The van der Waals surface area contributed by atoms with E-state index in [-0.39, 0.29) is 35.7 Å². The Hall–Kier alpha value is -2.05. The monoisotopic (exact) mass is 532 g/mol. The van der Waals surface area contributed by atoms with E-state index in [1.54, 1.807) is 25.2 Å². The third kappa shape index (κ3) is 5.52. The van der Waals surface area contributed by atoms with E-state index in [4.69, 9.17) is 9.47 Å². The molecule has 8 nitrogen and oxygen atoms in total. The maximum Gasteiger partial charge on any atom is 0.242 e. The summed E-state index contributed by atoms with van der Waals surface area (Å²) in [6.07, 6.45) is 0. The van der Waals surface area contributed by atoms with E-state index < -0.39 is 10.0 Å². The Morgan fingerprint density at radius 3 is 2.48 bits per heavy atom. The summed E-state index contributed by atoms with van der Waals surface area (Å²) < 4.78 is 36.9. The van der Waals surface area contributed by atoms with Crippen LogP contribution < -0.4 is 20.1 Å². The predicted octanol–water partition coefficient (Wildman–Crippen LogP) is 2.15. The van der Waals surface area contributed by atoms with E-state index in [1.165, 1.54) is 18.4 Å². The molecule has 1 heterocycles. The molecule has 29 heavy (non-hydrogen) atoms. The van der Waals surface area contributed by atoms with Crippen LogP contribution in [0.2, 0.25) is 0 Å². The van der Waals surface area contributed by atoms with Crippen molar-refractivity contribution >= 4 is 40.0 Å². The summed E-state index contributed by atoms with van der Waals surface area (Å²) in [4.78, 5) is 4.47. The van der Waals surface area contributed by atoms with Gasteiger partial charge in [-0.25, -0.2) is 12.7 Å². The summed E-state index contributed by atoms with van der Waals surface area (Å²) in [6, 6.07) is 12.7. The third-order valence-corrected chi connectivity index (χ3v) is 6.21. The van der Waals surface area contributed by atoms with Crippen molar-refractivity contribution in [2.45, 2.75) is 18.0 Å². The predicted molar refractivity (Wildman–Crippen MR) is 122 cm³/mol. The molecule has 0 saturated carbocycles. The number of nitrogens with zero attached hydrogens (tertiary/aromatic N) is 2. The first-order valence-electron chi connectivity index (χ1n) is 8.75. The van der Waals surface area contributed by atoms with E-state index in [1.807, 2.05) is 24.3 Å². The summed E-state index contributed by atoms with van der Waals surface area (Å²) >= 11 is 0. The molecule has 0 amide bonds. The second-order valence-electron chi connectivity index (χ2n) is 6.36. The lowest BCUT2D eigenvalue weighted by atomic mass is 10.2. The second kappa shape index (κ2) is 10.1. The molecule has 1 aliphatic rings. The number of sulfonamides is 1. The van der Waals surface area contributed by atoms with Gasteiger partial charge in [0.2, 0.25) is 16.8 Å². The van der Waals surface area contributed by atoms with Crippen LogP contribution in [0, 0.1) is 0 Å². The number of benzene rings is 2. The number of aliphatic imine (C=N–C) groups is 1. The largest absolute Gasteiger partial charge is 0.454 e. The molecule has 0 atom stereocenters. The number of nitrogens with one attached hydrogen (secondary N) is 2. The van der Waals surface area contributed by atoms with Crippen LogP contribution in [0.25, 0.3) is 0 Å². The number of fused-ring (bicyclic) bond motifs is 1. The van der Waals surface area contributed by atoms with Crippen molar-refractivity contribution in [1.82, 2.24) is 14.9 Å². The van der Waals surface area contributed by atoms with Crippen LogP contribution in [0.5, 0.6) is 11.5 Å². The average Bonchev–Trinajstić information content (AvgIpc) is 3.16. The molecule has 2 N–H and O–H groups in total. The summed E-state index contributed by atoms with van der Waals surface area (Å²) in [5.74, 6) is 2.03. The second-order valence-corrected chi connectivity index (χ2v) is 8.48. The lowest BCUT2D eigenvalue weighted by molar-refractivity contribution is 0.174. The fourth-order valence-electron chi connectivity index (χ4n) is 2.73. The number of halogens is 1. The Morgan fingerprint density at radius 1 is 1.07 bits per heavy atom. The van der Waals surface area contributed by atoms with Crippen LogP contribution in [-0.2, 0) is 23.1 Å². The normalized spacial score (nSPS) is 13.2. The summed E-state index contributed by atoms with van der Waals surface area (Å²) in [6.45, 7) is 1.10. The Balaban J connectivity index is 0.00000300. The van der Waals surface area contributed by atoms with Gasteiger partial charge in [-0.1, -0.05) is 24.3 Å². The molecule has 158 valence electrons. The molecule has 0 spiro atoms. The van der Waals surface area contributed by atoms with Gasteiger partial charge in [-0.05, 0) is 29.3 Å². The summed E-state index contributed by atoms with van der Waals surface area (Å²) in [7, 11) is 1.19. The van der Waals surface area contributed by atoms with Crippen molar-refractivity contribution in [3.63, 3.8) is 0 Å². The molecule has 1 aliphatic heterocycles. The number of rotatable bonds is 6. The molecule has 0 bridgehead atoms. The van der Waals surface area contributed by atoms with Gasteiger partial charge >= 0.3 is 0 Å². The summed E-state index contributed by atoms with van der Waals surface area (Å²) in [5, 5.41) is 6.37. The maximum atomic E-state index is 12.5. The molecule has 0 aliphatic carbocycles. The quantitative estimate of drug-likeness (QED) is 0.337. The first-order valence-corrected chi connectivity index (χ1v) is 10.2. The Kier molecular flexibility index (Phi) is 8.11. The van der Waals surface area contributed by atoms with E-state index in [9.17, 15) is 8.42 Å². The van der Waals surface area contributed by atoms with Gasteiger partial charge in [0, 0.05) is 34.2 Å². The fourth-order valence-corrected chi connectivity index (χ4v) is 3.85. The Morgan fingerprint density at radius 2 is 1.76 bits per heavy atom. The van der Waals surface area contributed by atoms with Crippen molar-refractivity contribution < 1.29 is 17.9 Å². The number of hydrogen-bond acceptors (Lipinski definition) is 5. The Labute approximate surface area is 188 Å². The van der Waals surface area contributed by atoms with Crippen molar-refractivity contribution in [3.8, 4) is 11.5 Å². The highest BCUT2D eigenvalue weighted by Gasteiger charge is 2.20. The number of guanidine groups is 1. The lowest BCUT2D eigenvalue weighted by Crippen LogP contribution is -2.36. The highest BCUT2D eigenvalue weighted by molar-refractivity contribution is 14.0. The van der Waals surface area contributed by atoms with Crippen molar-refractivity contribution in [2.75, 3.05) is 27.9 Å². The molecule has 3 rings (SSSR count). The third-order valence-electron chi connectivity index (χ3n) is 4.30. The minimum absolute atomic E-state index is 0. The van der Waals surface area contributed by atoms with E-state index in [0.29, 0.717) is 24.6 Å². The van der Waals surface area contributed by atoms with Gasteiger partial charge < -0.3 is 20.1 Å². The molecular weight excluding hydrogens is 507 g/mol. The van der Waals surface area contributed by atoms with Crippen LogP contribution >= 0.6 is 24.0 Å². The number of hydrogen-bond donors (Lipinski definition) is 2. The molecule has 0 unspecified atom stereocenters. The number of ether oxygens (including phenoxy) is 2. The van der Waals surface area contributed by atoms with Crippen LogP contribution in [0.4, 0.5) is 0 Å². The van der Waals surface area contributed by atoms with Gasteiger partial charge in [0.05, 0.1) is 4.90 Å². The fraction of sp³-hybridized carbons (Fsp3) is 0.316. The van der Waals surface area contributed by atoms with Gasteiger partial charge in [-0.3, -0.25) is 4.99 Å². The molecule has 2 aromatic rings. The SMILES string of the molecule is CN=C(NCc1ccc2c(c1)OCO2)NCc1ccccc1S(=O)(=O)N(C)C.I. The van der Waals surface area contributed by atoms with E-state index in [0.717, 1.165) is 17.1 Å². The molecule has 0 fully saturated rings. The minimum Gasteiger partial charge on any atom is -0.454 e. The maximum absolute atomic E-state index is 12.5. The summed E-state index contributed by atoms with van der Waals surface area (Å²) in [5.41, 5.74) is 1.69. The Bertz CT molecular complexity index is 980. The van der Waals surface area contributed by atoms with Gasteiger partial charge in [-0.15, -0.1) is 24.0 Å². The van der Waals surface area contributed by atoms with Gasteiger partial charge in [0.1, 0.15) is 0 Å². The molecular formula is C19H25IN4O4S. The smallest absolute Gasteiger partial charge is 0.242 e. The van der Waals surface area contributed by atoms with Crippen LogP contribution in [0.3, 0.4) is 0 Å². The molecule has 10 heteroatoms. The zero-order valence-electron chi connectivity index (χ0n) is 16.5. The molecule has 0 aromatic heterocycles. The van der Waals surface area contributed by atoms with Crippen molar-refractivity contribution in [3.05, 3.63) is 53.6 Å². The first-order chi connectivity index (χ1) is 13.4. The van der Waals surface area contributed by atoms with Crippen molar-refractivity contribution in [2.24, 2.45) is 4.99 Å². The van der Waals surface area contributed by atoms with Gasteiger partial charge in [-0.2, -0.15) is 0 Å². The average molecular weight is 532 g/mol. The molecule has 0 radical (unpaired) electrons. The van der Waals surface area contributed by atoms with E-state index >= 15 is 0 Å². The van der Waals surface area contributed by atoms with Crippen LogP contribution in [0.15, 0.2) is 52.4 Å². The van der Waals surface area contributed by atoms with Gasteiger partial charge in [0.25, 0.3) is 0 Å².